The molecule has 1 amide bonds. The molecule has 3 N–H and O–H groups in total. The SMILES string of the molecule is O=C(CO)Nc1cccc(NCc2ccc(F)c(C(F)(F)F)c2)c1. The lowest BCUT2D eigenvalue weighted by atomic mass is 10.1. The smallest absolute Gasteiger partial charge is 0.387 e. The number of halogens is 4. The van der Waals surface area contributed by atoms with Gasteiger partial charge in [-0.05, 0) is 35.9 Å². The predicted molar refractivity (Wildman–Crippen MR) is 80.9 cm³/mol. The number of anilines is 2. The fraction of sp³-hybridized carbons (Fsp3) is 0.188. The summed E-state index contributed by atoms with van der Waals surface area (Å²) in [5.41, 5.74) is -0.0861. The summed E-state index contributed by atoms with van der Waals surface area (Å²) < 4.78 is 51.3. The highest BCUT2D eigenvalue weighted by atomic mass is 19.4. The highest BCUT2D eigenvalue weighted by molar-refractivity contribution is 5.91. The quantitative estimate of drug-likeness (QED) is 0.730. The number of benzene rings is 2. The average Bonchev–Trinajstić information content (AvgIpc) is 2.53. The summed E-state index contributed by atoms with van der Waals surface area (Å²) in [7, 11) is 0. The zero-order valence-corrected chi connectivity index (χ0v) is 12.3. The normalized spacial score (nSPS) is 11.2. The third-order valence-corrected chi connectivity index (χ3v) is 3.12. The summed E-state index contributed by atoms with van der Waals surface area (Å²) in [6.07, 6.45) is -4.76. The number of aliphatic hydroxyl groups is 1. The van der Waals surface area contributed by atoms with Crippen molar-refractivity contribution in [3.63, 3.8) is 0 Å². The Hall–Kier alpha value is -2.61. The third-order valence-electron chi connectivity index (χ3n) is 3.12. The summed E-state index contributed by atoms with van der Waals surface area (Å²) >= 11 is 0. The molecule has 24 heavy (non-hydrogen) atoms. The minimum atomic E-state index is -4.76. The summed E-state index contributed by atoms with van der Waals surface area (Å²) in [5.74, 6) is -1.90. The molecule has 0 fully saturated rings. The van der Waals surface area contributed by atoms with Gasteiger partial charge in [-0.1, -0.05) is 12.1 Å². The molecule has 2 aromatic carbocycles. The zero-order chi connectivity index (χ0) is 17.7. The van der Waals surface area contributed by atoms with Gasteiger partial charge in [-0.2, -0.15) is 13.2 Å². The first kappa shape index (κ1) is 17.7. The molecule has 2 rings (SSSR count). The lowest BCUT2D eigenvalue weighted by molar-refractivity contribution is -0.140. The maximum absolute atomic E-state index is 13.2. The van der Waals surface area contributed by atoms with Crippen LogP contribution in [0.4, 0.5) is 28.9 Å². The van der Waals surface area contributed by atoms with Gasteiger partial charge in [0.2, 0.25) is 5.91 Å². The van der Waals surface area contributed by atoms with E-state index in [1.807, 2.05) is 0 Å². The molecule has 0 bridgehead atoms. The lowest BCUT2D eigenvalue weighted by Gasteiger charge is -2.12. The third kappa shape index (κ3) is 4.69. The first-order valence-electron chi connectivity index (χ1n) is 6.90. The molecule has 0 aliphatic heterocycles. The standard InChI is InChI=1S/C16H14F4N2O2/c17-14-5-4-10(6-13(14)16(18,19)20)8-21-11-2-1-3-12(7-11)22-15(24)9-23/h1-7,21,23H,8-9H2,(H,22,24). The van der Waals surface area contributed by atoms with Crippen molar-refractivity contribution in [3.05, 3.63) is 59.4 Å². The van der Waals surface area contributed by atoms with Gasteiger partial charge in [-0.3, -0.25) is 4.79 Å². The monoisotopic (exact) mass is 342 g/mol. The van der Waals surface area contributed by atoms with Gasteiger partial charge in [0.1, 0.15) is 12.4 Å². The average molecular weight is 342 g/mol. The maximum atomic E-state index is 13.2. The molecule has 2 aromatic rings. The van der Waals surface area contributed by atoms with E-state index in [0.29, 0.717) is 11.4 Å². The van der Waals surface area contributed by atoms with Crippen LogP contribution in [0.1, 0.15) is 11.1 Å². The van der Waals surface area contributed by atoms with Crippen LogP contribution in [0.15, 0.2) is 42.5 Å². The molecule has 0 aliphatic rings. The van der Waals surface area contributed by atoms with Gasteiger partial charge in [0.15, 0.2) is 0 Å². The van der Waals surface area contributed by atoms with Crippen LogP contribution in [0.2, 0.25) is 0 Å². The first-order valence-corrected chi connectivity index (χ1v) is 6.90. The molecule has 0 aromatic heterocycles. The second-order valence-electron chi connectivity index (χ2n) is 4.95. The van der Waals surface area contributed by atoms with Crippen molar-refractivity contribution in [2.45, 2.75) is 12.7 Å². The summed E-state index contributed by atoms with van der Waals surface area (Å²) in [6, 6.07) is 9.22. The molecule has 0 unspecified atom stereocenters. The van der Waals surface area contributed by atoms with E-state index >= 15 is 0 Å². The van der Waals surface area contributed by atoms with Crippen molar-refractivity contribution < 1.29 is 27.5 Å². The number of carbonyl (C=O) groups excluding carboxylic acids is 1. The first-order chi connectivity index (χ1) is 11.3. The van der Waals surface area contributed by atoms with E-state index < -0.39 is 30.1 Å². The largest absolute Gasteiger partial charge is 0.419 e. The summed E-state index contributed by atoms with van der Waals surface area (Å²) in [4.78, 5) is 11.1. The Balaban J connectivity index is 2.09. The highest BCUT2D eigenvalue weighted by Crippen LogP contribution is 2.32. The van der Waals surface area contributed by atoms with Crippen molar-refractivity contribution in [1.82, 2.24) is 0 Å². The molecule has 128 valence electrons. The van der Waals surface area contributed by atoms with E-state index in [0.717, 1.165) is 12.1 Å². The predicted octanol–water partition coefficient (Wildman–Crippen LogP) is 3.39. The van der Waals surface area contributed by atoms with E-state index in [2.05, 4.69) is 10.6 Å². The number of hydrogen-bond donors (Lipinski definition) is 3. The Kier molecular flexibility index (Phi) is 5.40. The highest BCUT2D eigenvalue weighted by Gasteiger charge is 2.34. The van der Waals surface area contributed by atoms with Gasteiger partial charge in [-0.25, -0.2) is 4.39 Å². The second-order valence-corrected chi connectivity index (χ2v) is 4.95. The van der Waals surface area contributed by atoms with Gasteiger partial charge in [-0.15, -0.1) is 0 Å². The van der Waals surface area contributed by atoms with Crippen LogP contribution in [0.3, 0.4) is 0 Å². The van der Waals surface area contributed by atoms with E-state index in [1.165, 1.54) is 6.07 Å². The molecule has 8 heteroatoms. The van der Waals surface area contributed by atoms with E-state index in [-0.39, 0.29) is 12.1 Å². The van der Waals surface area contributed by atoms with Gasteiger partial charge >= 0.3 is 6.18 Å². The topological polar surface area (TPSA) is 61.4 Å². The number of rotatable bonds is 5. The van der Waals surface area contributed by atoms with Crippen molar-refractivity contribution >= 4 is 17.3 Å². The Morgan fingerprint density at radius 3 is 2.46 bits per heavy atom. The zero-order valence-electron chi connectivity index (χ0n) is 12.3. The lowest BCUT2D eigenvalue weighted by Crippen LogP contribution is -2.15. The molecule has 0 saturated carbocycles. The van der Waals surface area contributed by atoms with Crippen LogP contribution in [0.5, 0.6) is 0 Å². The van der Waals surface area contributed by atoms with Crippen LogP contribution in [-0.4, -0.2) is 17.6 Å². The Labute approximate surface area is 135 Å². The van der Waals surface area contributed by atoms with Crippen LogP contribution in [-0.2, 0) is 17.5 Å². The van der Waals surface area contributed by atoms with Crippen LogP contribution in [0, 0.1) is 5.82 Å². The molecule has 0 spiro atoms. The summed E-state index contributed by atoms with van der Waals surface area (Å²) in [6.45, 7) is -0.617. The Morgan fingerprint density at radius 2 is 1.79 bits per heavy atom. The Bertz CT molecular complexity index is 732. The molecule has 0 aliphatic carbocycles. The molecule has 0 heterocycles. The molecule has 0 radical (unpaired) electrons. The van der Waals surface area contributed by atoms with Crippen LogP contribution >= 0.6 is 0 Å². The minimum Gasteiger partial charge on any atom is -0.387 e. The van der Waals surface area contributed by atoms with Crippen LogP contribution in [0.25, 0.3) is 0 Å². The number of alkyl halides is 3. The van der Waals surface area contributed by atoms with Gasteiger partial charge in [0, 0.05) is 17.9 Å². The molecular weight excluding hydrogens is 328 g/mol. The van der Waals surface area contributed by atoms with E-state index in [1.54, 1.807) is 24.3 Å². The number of nitrogens with one attached hydrogen (secondary N) is 2. The fourth-order valence-corrected chi connectivity index (χ4v) is 2.01. The van der Waals surface area contributed by atoms with Crippen molar-refractivity contribution in [2.75, 3.05) is 17.2 Å². The molecule has 4 nitrogen and oxygen atoms in total. The fourth-order valence-electron chi connectivity index (χ4n) is 2.01. The number of aliphatic hydroxyl groups excluding tert-OH is 1. The van der Waals surface area contributed by atoms with E-state index in [4.69, 9.17) is 5.11 Å². The minimum absolute atomic E-state index is 0.0424. The number of hydrogen-bond acceptors (Lipinski definition) is 3. The number of carbonyl (C=O) groups is 1. The van der Waals surface area contributed by atoms with Crippen molar-refractivity contribution in [1.29, 1.82) is 0 Å². The Morgan fingerprint density at radius 1 is 1.08 bits per heavy atom. The number of amides is 1. The maximum Gasteiger partial charge on any atom is 0.419 e. The van der Waals surface area contributed by atoms with Crippen molar-refractivity contribution in [3.8, 4) is 0 Å². The van der Waals surface area contributed by atoms with E-state index in [9.17, 15) is 22.4 Å². The van der Waals surface area contributed by atoms with Gasteiger partial charge in [0.25, 0.3) is 0 Å². The van der Waals surface area contributed by atoms with Gasteiger partial charge < -0.3 is 15.7 Å². The molecule has 0 atom stereocenters. The van der Waals surface area contributed by atoms with Crippen molar-refractivity contribution in [2.24, 2.45) is 0 Å². The second kappa shape index (κ2) is 7.31. The van der Waals surface area contributed by atoms with Crippen LogP contribution < -0.4 is 10.6 Å². The van der Waals surface area contributed by atoms with Gasteiger partial charge in [0.05, 0.1) is 5.56 Å². The molecular formula is C16H14F4N2O2. The summed E-state index contributed by atoms with van der Waals surface area (Å²) in [5, 5.41) is 14.0. The molecule has 0 saturated heterocycles.